The molecule has 102 valence electrons. The quantitative estimate of drug-likeness (QED) is 0.906. The monoisotopic (exact) mass is 324 g/mol. The number of carbonyl (C=O) groups is 1. The normalized spacial score (nSPS) is 12.6. The molecule has 1 heterocycles. The number of nitrogens with one attached hydrogen (secondary N) is 1. The van der Waals surface area contributed by atoms with E-state index in [-0.39, 0.29) is 19.0 Å². The molecule has 19 heavy (non-hydrogen) atoms. The first kappa shape index (κ1) is 14.1. The minimum atomic E-state index is -0.529. The van der Waals surface area contributed by atoms with Crippen LogP contribution in [0, 0.1) is 6.92 Å². The topological polar surface area (TPSA) is 54.3 Å². The predicted octanol–water partition coefficient (Wildman–Crippen LogP) is 2.21. The SMILES string of the molecule is Cc1c(Br)c2ccccc2n1CC(=O)NCC(C)O. The zero-order valence-electron chi connectivity index (χ0n) is 11.0. The molecule has 1 aromatic heterocycles. The highest BCUT2D eigenvalue weighted by Crippen LogP contribution is 2.30. The van der Waals surface area contributed by atoms with Gasteiger partial charge in [-0.15, -0.1) is 0 Å². The molecule has 1 atom stereocenters. The van der Waals surface area contributed by atoms with E-state index in [1.807, 2.05) is 35.8 Å². The third kappa shape index (κ3) is 2.98. The van der Waals surface area contributed by atoms with Gasteiger partial charge in [0.25, 0.3) is 0 Å². The Morgan fingerprint density at radius 2 is 2.16 bits per heavy atom. The first-order valence-corrected chi connectivity index (χ1v) is 6.98. The number of halogens is 1. The van der Waals surface area contributed by atoms with Crippen molar-refractivity contribution in [1.82, 2.24) is 9.88 Å². The van der Waals surface area contributed by atoms with Gasteiger partial charge < -0.3 is 15.0 Å². The summed E-state index contributed by atoms with van der Waals surface area (Å²) in [5.41, 5.74) is 2.05. The van der Waals surface area contributed by atoms with Crippen molar-refractivity contribution in [2.75, 3.05) is 6.54 Å². The molecule has 0 saturated heterocycles. The number of rotatable bonds is 4. The lowest BCUT2D eigenvalue weighted by Gasteiger charge is -2.10. The maximum atomic E-state index is 11.9. The number of para-hydroxylation sites is 1. The molecule has 0 aliphatic rings. The number of carbonyl (C=O) groups excluding carboxylic acids is 1. The van der Waals surface area contributed by atoms with Crippen molar-refractivity contribution in [1.29, 1.82) is 0 Å². The molecule has 0 aliphatic carbocycles. The van der Waals surface area contributed by atoms with E-state index in [2.05, 4.69) is 21.2 Å². The lowest BCUT2D eigenvalue weighted by molar-refractivity contribution is -0.122. The Morgan fingerprint density at radius 1 is 1.47 bits per heavy atom. The van der Waals surface area contributed by atoms with Crippen LogP contribution in [0.1, 0.15) is 12.6 Å². The second-order valence-corrected chi connectivity index (χ2v) is 5.45. The van der Waals surface area contributed by atoms with Crippen molar-refractivity contribution in [3.05, 3.63) is 34.4 Å². The Morgan fingerprint density at radius 3 is 2.84 bits per heavy atom. The van der Waals surface area contributed by atoms with Crippen LogP contribution in [0.25, 0.3) is 10.9 Å². The Hall–Kier alpha value is -1.33. The number of fused-ring (bicyclic) bond motifs is 1. The summed E-state index contributed by atoms with van der Waals surface area (Å²) < 4.78 is 2.99. The second-order valence-electron chi connectivity index (χ2n) is 4.66. The number of hydrogen-bond donors (Lipinski definition) is 2. The summed E-state index contributed by atoms with van der Waals surface area (Å²) in [7, 11) is 0. The summed E-state index contributed by atoms with van der Waals surface area (Å²) in [5.74, 6) is -0.0998. The van der Waals surface area contributed by atoms with Crippen LogP contribution < -0.4 is 5.32 Å². The zero-order chi connectivity index (χ0) is 14.0. The van der Waals surface area contributed by atoms with E-state index in [4.69, 9.17) is 5.11 Å². The first-order valence-electron chi connectivity index (χ1n) is 6.18. The summed E-state index contributed by atoms with van der Waals surface area (Å²) in [6, 6.07) is 7.95. The number of aromatic nitrogens is 1. The molecule has 1 amide bonds. The molecule has 2 N–H and O–H groups in total. The van der Waals surface area contributed by atoms with Gasteiger partial charge in [0, 0.05) is 27.6 Å². The highest BCUT2D eigenvalue weighted by Gasteiger charge is 2.13. The summed E-state index contributed by atoms with van der Waals surface area (Å²) in [4.78, 5) is 11.9. The van der Waals surface area contributed by atoms with Crippen molar-refractivity contribution < 1.29 is 9.90 Å². The zero-order valence-corrected chi connectivity index (χ0v) is 12.6. The van der Waals surface area contributed by atoms with Crippen LogP contribution in [0.3, 0.4) is 0 Å². The molecule has 0 bridgehead atoms. The van der Waals surface area contributed by atoms with E-state index in [0.717, 1.165) is 21.1 Å². The van der Waals surface area contributed by atoms with Gasteiger partial charge in [-0.25, -0.2) is 0 Å². The number of aliphatic hydroxyl groups excluding tert-OH is 1. The van der Waals surface area contributed by atoms with Crippen LogP contribution in [0.2, 0.25) is 0 Å². The number of hydrogen-bond acceptors (Lipinski definition) is 2. The largest absolute Gasteiger partial charge is 0.392 e. The third-order valence-electron chi connectivity index (χ3n) is 3.05. The lowest BCUT2D eigenvalue weighted by Crippen LogP contribution is -2.33. The van der Waals surface area contributed by atoms with Crippen molar-refractivity contribution in [2.45, 2.75) is 26.5 Å². The lowest BCUT2D eigenvalue weighted by atomic mass is 10.2. The Balaban J connectivity index is 2.25. The van der Waals surface area contributed by atoms with Crippen molar-refractivity contribution in [2.24, 2.45) is 0 Å². The van der Waals surface area contributed by atoms with Crippen LogP contribution in [0.5, 0.6) is 0 Å². The van der Waals surface area contributed by atoms with E-state index in [0.29, 0.717) is 0 Å². The average Bonchev–Trinajstić information content (AvgIpc) is 2.62. The molecule has 0 saturated carbocycles. The van der Waals surface area contributed by atoms with Gasteiger partial charge in [-0.1, -0.05) is 18.2 Å². The molecule has 1 unspecified atom stereocenters. The van der Waals surface area contributed by atoms with Crippen LogP contribution in [-0.2, 0) is 11.3 Å². The molecule has 0 fully saturated rings. The summed E-state index contributed by atoms with van der Waals surface area (Å²) in [6.07, 6.45) is -0.529. The van der Waals surface area contributed by atoms with Crippen molar-refractivity contribution in [3.63, 3.8) is 0 Å². The molecule has 0 radical (unpaired) electrons. The van der Waals surface area contributed by atoms with Gasteiger partial charge >= 0.3 is 0 Å². The molecule has 4 nitrogen and oxygen atoms in total. The number of aliphatic hydroxyl groups is 1. The molecule has 0 spiro atoms. The summed E-state index contributed by atoms with van der Waals surface area (Å²) in [6.45, 7) is 4.15. The fourth-order valence-electron chi connectivity index (χ4n) is 2.05. The van der Waals surface area contributed by atoms with Crippen LogP contribution in [-0.4, -0.2) is 28.2 Å². The van der Waals surface area contributed by atoms with Crippen LogP contribution in [0.4, 0.5) is 0 Å². The Bertz CT molecular complexity index is 605. The minimum absolute atomic E-state index is 0.0998. The number of benzene rings is 1. The van der Waals surface area contributed by atoms with Crippen molar-refractivity contribution >= 4 is 32.7 Å². The van der Waals surface area contributed by atoms with Crippen molar-refractivity contribution in [3.8, 4) is 0 Å². The van der Waals surface area contributed by atoms with Gasteiger partial charge in [0.1, 0.15) is 6.54 Å². The van der Waals surface area contributed by atoms with Crippen LogP contribution in [0.15, 0.2) is 28.7 Å². The smallest absolute Gasteiger partial charge is 0.240 e. The maximum absolute atomic E-state index is 11.9. The summed E-state index contributed by atoms with van der Waals surface area (Å²) in [5, 5.41) is 13.0. The average molecular weight is 325 g/mol. The maximum Gasteiger partial charge on any atom is 0.240 e. The standard InChI is InChI=1S/C14H17BrN2O2/c1-9(18)7-16-13(19)8-17-10(2)14(15)11-5-3-4-6-12(11)17/h3-6,9,18H,7-8H2,1-2H3,(H,16,19). The van der Waals surface area contributed by atoms with E-state index in [1.54, 1.807) is 6.92 Å². The Kier molecular flexibility index (Phi) is 4.27. The fourth-order valence-corrected chi connectivity index (χ4v) is 2.60. The molecular weight excluding hydrogens is 308 g/mol. The second kappa shape index (κ2) is 5.75. The van der Waals surface area contributed by atoms with E-state index >= 15 is 0 Å². The summed E-state index contributed by atoms with van der Waals surface area (Å²) >= 11 is 3.56. The molecule has 2 aromatic rings. The number of nitrogens with zero attached hydrogens (tertiary/aromatic N) is 1. The highest BCUT2D eigenvalue weighted by molar-refractivity contribution is 9.10. The van der Waals surface area contributed by atoms with Gasteiger partial charge in [0.15, 0.2) is 0 Å². The minimum Gasteiger partial charge on any atom is -0.392 e. The van der Waals surface area contributed by atoms with E-state index in [1.165, 1.54) is 0 Å². The van der Waals surface area contributed by atoms with E-state index in [9.17, 15) is 4.79 Å². The Labute approximate surface area is 120 Å². The van der Waals surface area contributed by atoms with E-state index < -0.39 is 6.10 Å². The molecule has 5 heteroatoms. The molecule has 1 aromatic carbocycles. The number of amides is 1. The molecular formula is C14H17BrN2O2. The fraction of sp³-hybridized carbons (Fsp3) is 0.357. The van der Waals surface area contributed by atoms with Gasteiger partial charge in [0.05, 0.1) is 6.10 Å². The first-order chi connectivity index (χ1) is 9.00. The third-order valence-corrected chi connectivity index (χ3v) is 4.05. The molecule has 2 rings (SSSR count). The predicted molar refractivity (Wildman–Crippen MR) is 79.1 cm³/mol. The van der Waals surface area contributed by atoms with Gasteiger partial charge in [-0.05, 0) is 35.8 Å². The van der Waals surface area contributed by atoms with Gasteiger partial charge in [0.2, 0.25) is 5.91 Å². The van der Waals surface area contributed by atoms with Gasteiger partial charge in [-0.3, -0.25) is 4.79 Å². The highest BCUT2D eigenvalue weighted by atomic mass is 79.9. The van der Waals surface area contributed by atoms with Crippen LogP contribution >= 0.6 is 15.9 Å². The van der Waals surface area contributed by atoms with Gasteiger partial charge in [-0.2, -0.15) is 0 Å². The molecule has 0 aliphatic heterocycles.